The number of rotatable bonds is 2. The summed E-state index contributed by atoms with van der Waals surface area (Å²) < 4.78 is 0. The molecule has 1 aromatic carbocycles. The van der Waals surface area contributed by atoms with E-state index in [1.165, 1.54) is 18.6 Å². The van der Waals surface area contributed by atoms with Gasteiger partial charge in [-0.1, -0.05) is 42.5 Å². The summed E-state index contributed by atoms with van der Waals surface area (Å²) >= 11 is 11.8. The molecular weight excluding hydrogens is 351 g/mol. The van der Waals surface area contributed by atoms with Crippen LogP contribution in [0.4, 0.5) is 0 Å². The standard InChI is InChI=1S/C17H18Cl2N2O3/c18-13-8-11-12(9-14(13)19)17(24)21(16(11)23)10-15(22)20-6-4-2-1-3-5-7-20/h8-9H,1-7,10H2. The van der Waals surface area contributed by atoms with E-state index in [0.717, 1.165) is 30.6 Å². The summed E-state index contributed by atoms with van der Waals surface area (Å²) in [6.45, 7) is 1.13. The molecule has 0 saturated carbocycles. The number of fused-ring (bicyclic) bond motifs is 1. The van der Waals surface area contributed by atoms with Gasteiger partial charge in [-0.2, -0.15) is 0 Å². The molecule has 0 bridgehead atoms. The zero-order valence-corrected chi connectivity index (χ0v) is 14.7. The molecule has 3 rings (SSSR count). The Kier molecular flexibility index (Phi) is 5.11. The van der Waals surface area contributed by atoms with Crippen molar-refractivity contribution in [2.24, 2.45) is 0 Å². The third-order valence-corrected chi connectivity index (χ3v) is 5.24. The van der Waals surface area contributed by atoms with E-state index in [2.05, 4.69) is 0 Å². The number of hydrogen-bond acceptors (Lipinski definition) is 3. The van der Waals surface area contributed by atoms with Crippen molar-refractivity contribution in [3.05, 3.63) is 33.3 Å². The Balaban J connectivity index is 1.75. The van der Waals surface area contributed by atoms with Crippen LogP contribution in [-0.4, -0.2) is 47.2 Å². The van der Waals surface area contributed by atoms with Crippen molar-refractivity contribution in [3.8, 4) is 0 Å². The summed E-state index contributed by atoms with van der Waals surface area (Å²) in [4.78, 5) is 40.1. The van der Waals surface area contributed by atoms with E-state index >= 15 is 0 Å². The van der Waals surface area contributed by atoms with E-state index in [-0.39, 0.29) is 33.6 Å². The first-order valence-corrected chi connectivity index (χ1v) is 8.87. The molecule has 0 unspecified atom stereocenters. The Morgan fingerprint density at radius 2 is 1.33 bits per heavy atom. The van der Waals surface area contributed by atoms with Crippen molar-refractivity contribution in [3.63, 3.8) is 0 Å². The molecule has 0 aliphatic carbocycles. The van der Waals surface area contributed by atoms with Crippen LogP contribution in [0.2, 0.25) is 10.0 Å². The van der Waals surface area contributed by atoms with Gasteiger partial charge < -0.3 is 4.90 Å². The summed E-state index contributed by atoms with van der Waals surface area (Å²) in [6, 6.07) is 2.78. The lowest BCUT2D eigenvalue weighted by Crippen LogP contribution is -2.43. The predicted octanol–water partition coefficient (Wildman–Crippen LogP) is 3.38. The summed E-state index contributed by atoms with van der Waals surface area (Å²) in [5.41, 5.74) is 0.407. The molecule has 2 aliphatic heterocycles. The number of halogens is 2. The first kappa shape index (κ1) is 17.2. The quantitative estimate of drug-likeness (QED) is 0.751. The molecule has 1 aromatic rings. The average molecular weight is 369 g/mol. The lowest BCUT2D eigenvalue weighted by Gasteiger charge is -2.26. The van der Waals surface area contributed by atoms with Gasteiger partial charge in [-0.3, -0.25) is 19.3 Å². The second-order valence-corrected chi connectivity index (χ2v) is 6.97. The van der Waals surface area contributed by atoms with E-state index in [1.807, 2.05) is 0 Å². The molecule has 2 aliphatic rings. The van der Waals surface area contributed by atoms with Gasteiger partial charge in [0.15, 0.2) is 0 Å². The smallest absolute Gasteiger partial charge is 0.262 e. The maximum absolute atomic E-state index is 12.5. The molecule has 0 radical (unpaired) electrons. The topological polar surface area (TPSA) is 57.7 Å². The number of amides is 3. The fourth-order valence-electron chi connectivity index (χ4n) is 3.16. The van der Waals surface area contributed by atoms with Gasteiger partial charge in [-0.25, -0.2) is 0 Å². The van der Waals surface area contributed by atoms with Crippen molar-refractivity contribution in [2.75, 3.05) is 19.6 Å². The zero-order valence-electron chi connectivity index (χ0n) is 13.2. The highest BCUT2D eigenvalue weighted by atomic mass is 35.5. The number of benzene rings is 1. The highest BCUT2D eigenvalue weighted by Gasteiger charge is 2.38. The third-order valence-electron chi connectivity index (χ3n) is 4.51. The Bertz CT molecular complexity index is 656. The van der Waals surface area contributed by atoms with Gasteiger partial charge >= 0.3 is 0 Å². The summed E-state index contributed by atoms with van der Waals surface area (Å²) in [6.07, 6.45) is 5.32. The zero-order chi connectivity index (χ0) is 17.3. The maximum Gasteiger partial charge on any atom is 0.262 e. The first-order chi connectivity index (χ1) is 11.5. The summed E-state index contributed by atoms with van der Waals surface area (Å²) in [5, 5.41) is 0.432. The van der Waals surface area contributed by atoms with Gasteiger partial charge in [-0.05, 0) is 25.0 Å². The van der Waals surface area contributed by atoms with Crippen LogP contribution in [0, 0.1) is 0 Å². The van der Waals surface area contributed by atoms with Crippen LogP contribution in [0.1, 0.15) is 52.8 Å². The van der Waals surface area contributed by atoms with Crippen molar-refractivity contribution in [1.82, 2.24) is 9.80 Å². The minimum absolute atomic E-state index is 0.191. The van der Waals surface area contributed by atoms with Crippen LogP contribution in [0.25, 0.3) is 0 Å². The van der Waals surface area contributed by atoms with Gasteiger partial charge in [0.25, 0.3) is 11.8 Å². The van der Waals surface area contributed by atoms with Crippen molar-refractivity contribution < 1.29 is 14.4 Å². The predicted molar refractivity (Wildman–Crippen MR) is 91.5 cm³/mol. The molecule has 5 nitrogen and oxygen atoms in total. The molecule has 0 aromatic heterocycles. The monoisotopic (exact) mass is 368 g/mol. The summed E-state index contributed by atoms with van der Waals surface area (Å²) in [5.74, 6) is -1.17. The normalized spacial score (nSPS) is 18.4. The molecule has 128 valence electrons. The van der Waals surface area contributed by atoms with Crippen LogP contribution in [-0.2, 0) is 4.79 Å². The number of imide groups is 1. The fourth-order valence-corrected chi connectivity index (χ4v) is 3.49. The van der Waals surface area contributed by atoms with Crippen molar-refractivity contribution >= 4 is 40.9 Å². The largest absolute Gasteiger partial charge is 0.341 e. The van der Waals surface area contributed by atoms with E-state index in [9.17, 15) is 14.4 Å². The minimum atomic E-state index is -0.492. The highest BCUT2D eigenvalue weighted by Crippen LogP contribution is 2.31. The second kappa shape index (κ2) is 7.11. The minimum Gasteiger partial charge on any atom is -0.341 e. The Morgan fingerprint density at radius 3 is 1.83 bits per heavy atom. The number of nitrogens with zero attached hydrogens (tertiary/aromatic N) is 2. The van der Waals surface area contributed by atoms with Crippen LogP contribution >= 0.6 is 23.2 Å². The average Bonchev–Trinajstić information content (AvgIpc) is 2.72. The maximum atomic E-state index is 12.5. The Hall–Kier alpha value is -1.59. The number of hydrogen-bond donors (Lipinski definition) is 0. The van der Waals surface area contributed by atoms with Gasteiger partial charge in [0.05, 0.1) is 21.2 Å². The highest BCUT2D eigenvalue weighted by molar-refractivity contribution is 6.43. The number of likely N-dealkylation sites (tertiary alicyclic amines) is 1. The lowest BCUT2D eigenvalue weighted by atomic mass is 10.1. The number of carbonyl (C=O) groups excluding carboxylic acids is 3. The number of carbonyl (C=O) groups is 3. The SMILES string of the molecule is O=C(CN1C(=O)c2cc(Cl)c(Cl)cc2C1=O)N1CCCCCCC1. The van der Waals surface area contributed by atoms with Gasteiger partial charge in [0.2, 0.25) is 5.91 Å². The lowest BCUT2D eigenvalue weighted by molar-refractivity contribution is -0.131. The van der Waals surface area contributed by atoms with Crippen molar-refractivity contribution in [2.45, 2.75) is 32.1 Å². The molecule has 3 amide bonds. The molecular formula is C17H18Cl2N2O3. The van der Waals surface area contributed by atoms with Crippen LogP contribution in [0.3, 0.4) is 0 Å². The van der Waals surface area contributed by atoms with Gasteiger partial charge in [-0.15, -0.1) is 0 Å². The molecule has 0 atom stereocenters. The van der Waals surface area contributed by atoms with Crippen LogP contribution < -0.4 is 0 Å². The van der Waals surface area contributed by atoms with E-state index in [1.54, 1.807) is 4.90 Å². The molecule has 1 saturated heterocycles. The molecule has 7 heteroatoms. The molecule has 0 N–H and O–H groups in total. The molecule has 0 spiro atoms. The molecule has 24 heavy (non-hydrogen) atoms. The van der Waals surface area contributed by atoms with Crippen LogP contribution in [0.5, 0.6) is 0 Å². The fraction of sp³-hybridized carbons (Fsp3) is 0.471. The molecule has 2 heterocycles. The van der Waals surface area contributed by atoms with Gasteiger partial charge in [0, 0.05) is 13.1 Å². The van der Waals surface area contributed by atoms with E-state index in [4.69, 9.17) is 23.2 Å². The summed E-state index contributed by atoms with van der Waals surface area (Å²) in [7, 11) is 0. The first-order valence-electron chi connectivity index (χ1n) is 8.12. The van der Waals surface area contributed by atoms with Gasteiger partial charge in [0.1, 0.15) is 6.54 Å². The molecule has 1 fully saturated rings. The van der Waals surface area contributed by atoms with E-state index in [0.29, 0.717) is 13.1 Å². The second-order valence-electron chi connectivity index (χ2n) is 6.16. The Labute approximate surface area is 150 Å². The third kappa shape index (κ3) is 3.28. The van der Waals surface area contributed by atoms with Crippen molar-refractivity contribution in [1.29, 1.82) is 0 Å². The van der Waals surface area contributed by atoms with E-state index < -0.39 is 11.8 Å². The Morgan fingerprint density at radius 1 is 0.875 bits per heavy atom. The van der Waals surface area contributed by atoms with Crippen LogP contribution in [0.15, 0.2) is 12.1 Å².